The number of alkyl halides is 2. The van der Waals surface area contributed by atoms with Crippen molar-refractivity contribution >= 4 is 0 Å². The Kier molecular flexibility index (Phi) is 3.38. The van der Waals surface area contributed by atoms with E-state index in [4.69, 9.17) is 0 Å². The van der Waals surface area contributed by atoms with Gasteiger partial charge in [0, 0.05) is 18.5 Å². The molecule has 1 N–H and O–H groups in total. The fourth-order valence-electron chi connectivity index (χ4n) is 2.14. The first-order valence-electron chi connectivity index (χ1n) is 5.56. The van der Waals surface area contributed by atoms with Crippen LogP contribution in [0.1, 0.15) is 24.8 Å². The molecule has 1 heterocycles. The van der Waals surface area contributed by atoms with Crippen LogP contribution in [-0.2, 0) is 5.92 Å². The van der Waals surface area contributed by atoms with Gasteiger partial charge in [-0.15, -0.1) is 0 Å². The van der Waals surface area contributed by atoms with Gasteiger partial charge < -0.3 is 5.32 Å². The van der Waals surface area contributed by atoms with Crippen molar-refractivity contribution in [3.05, 3.63) is 35.4 Å². The number of halogens is 4. The van der Waals surface area contributed by atoms with Crippen molar-refractivity contribution in [1.29, 1.82) is 0 Å². The normalized spacial score (nSPS) is 20.8. The summed E-state index contributed by atoms with van der Waals surface area (Å²) in [7, 11) is 0. The summed E-state index contributed by atoms with van der Waals surface area (Å²) >= 11 is 0. The molecule has 0 aliphatic carbocycles. The molecule has 1 nitrogen and oxygen atoms in total. The molecule has 0 spiro atoms. The third-order valence-electron chi connectivity index (χ3n) is 2.99. The lowest BCUT2D eigenvalue weighted by Crippen LogP contribution is -2.29. The van der Waals surface area contributed by atoms with E-state index in [0.717, 1.165) is 18.6 Å². The second-order valence-electron chi connectivity index (χ2n) is 4.33. The molecule has 94 valence electrons. The summed E-state index contributed by atoms with van der Waals surface area (Å²) in [5.41, 5.74) is -0.729. The lowest BCUT2D eigenvalue weighted by Gasteiger charge is -2.21. The van der Waals surface area contributed by atoms with Crippen molar-refractivity contribution in [2.24, 2.45) is 0 Å². The highest BCUT2D eigenvalue weighted by Gasteiger charge is 2.37. The van der Waals surface area contributed by atoms with E-state index < -0.39 is 29.5 Å². The second kappa shape index (κ2) is 4.64. The molecule has 1 unspecified atom stereocenters. The Morgan fingerprint density at radius 2 is 2.06 bits per heavy atom. The molecular formula is C12H13F4N. The van der Waals surface area contributed by atoms with E-state index in [1.54, 1.807) is 0 Å². The zero-order valence-corrected chi connectivity index (χ0v) is 9.15. The summed E-state index contributed by atoms with van der Waals surface area (Å²) in [6, 6.07) is 1.87. The first-order chi connectivity index (χ1) is 7.99. The summed E-state index contributed by atoms with van der Waals surface area (Å²) < 4.78 is 53.5. The summed E-state index contributed by atoms with van der Waals surface area (Å²) in [5.74, 6) is -5.30. The molecule has 1 aliphatic heterocycles. The van der Waals surface area contributed by atoms with Crippen LogP contribution in [0.2, 0.25) is 0 Å². The molecule has 1 aromatic carbocycles. The number of rotatable bonds is 3. The van der Waals surface area contributed by atoms with Crippen LogP contribution in [-0.4, -0.2) is 12.6 Å². The maximum Gasteiger partial charge on any atom is 0.277 e. The first-order valence-corrected chi connectivity index (χ1v) is 5.56. The van der Waals surface area contributed by atoms with Crippen molar-refractivity contribution in [3.63, 3.8) is 0 Å². The van der Waals surface area contributed by atoms with Crippen LogP contribution >= 0.6 is 0 Å². The van der Waals surface area contributed by atoms with Gasteiger partial charge in [-0.25, -0.2) is 17.6 Å². The largest absolute Gasteiger partial charge is 0.314 e. The van der Waals surface area contributed by atoms with Gasteiger partial charge in [0.15, 0.2) is 0 Å². The number of hydrogen-bond acceptors (Lipinski definition) is 1. The number of hydrogen-bond donors (Lipinski definition) is 1. The molecule has 1 fully saturated rings. The first kappa shape index (κ1) is 12.4. The van der Waals surface area contributed by atoms with Crippen molar-refractivity contribution in [1.82, 2.24) is 5.32 Å². The van der Waals surface area contributed by atoms with E-state index in [2.05, 4.69) is 5.32 Å². The average Bonchev–Trinajstić information content (AvgIpc) is 2.68. The fourth-order valence-corrected chi connectivity index (χ4v) is 2.14. The quantitative estimate of drug-likeness (QED) is 0.809. The topological polar surface area (TPSA) is 12.0 Å². The molecule has 1 aromatic rings. The lowest BCUT2D eigenvalue weighted by molar-refractivity contribution is -0.0246. The van der Waals surface area contributed by atoms with Crippen molar-refractivity contribution in [3.8, 4) is 0 Å². The van der Waals surface area contributed by atoms with Gasteiger partial charge in [0.1, 0.15) is 11.6 Å². The van der Waals surface area contributed by atoms with Crippen LogP contribution in [0, 0.1) is 11.6 Å². The van der Waals surface area contributed by atoms with Gasteiger partial charge in [0.05, 0.1) is 5.56 Å². The van der Waals surface area contributed by atoms with Gasteiger partial charge in [0.25, 0.3) is 5.92 Å². The molecule has 0 saturated carbocycles. The molecule has 2 rings (SSSR count). The maximum atomic E-state index is 13.8. The predicted octanol–water partition coefficient (Wildman–Crippen LogP) is 3.20. The predicted molar refractivity (Wildman–Crippen MR) is 55.9 cm³/mol. The second-order valence-corrected chi connectivity index (χ2v) is 4.33. The summed E-state index contributed by atoms with van der Waals surface area (Å²) in [6.07, 6.45) is 1.07. The van der Waals surface area contributed by atoms with E-state index in [1.165, 1.54) is 0 Å². The molecular weight excluding hydrogens is 234 g/mol. The average molecular weight is 247 g/mol. The Balaban J connectivity index is 2.17. The molecule has 0 radical (unpaired) electrons. The maximum absolute atomic E-state index is 13.8. The minimum absolute atomic E-state index is 0.297. The Morgan fingerprint density at radius 1 is 1.29 bits per heavy atom. The Hall–Kier alpha value is -1.10. The standard InChI is InChI=1S/C12H13F4N/c13-8-3-4-10(11(14)6-8)12(15,16)7-9-2-1-5-17-9/h3-4,6,9,17H,1-2,5,7H2. The highest BCUT2D eigenvalue weighted by atomic mass is 19.3. The van der Waals surface area contributed by atoms with Gasteiger partial charge in [-0.05, 0) is 31.5 Å². The van der Waals surface area contributed by atoms with E-state index >= 15 is 0 Å². The van der Waals surface area contributed by atoms with E-state index in [-0.39, 0.29) is 6.04 Å². The number of nitrogens with one attached hydrogen (secondary N) is 1. The minimum Gasteiger partial charge on any atom is -0.314 e. The van der Waals surface area contributed by atoms with E-state index in [9.17, 15) is 17.6 Å². The van der Waals surface area contributed by atoms with Gasteiger partial charge in [-0.2, -0.15) is 0 Å². The smallest absolute Gasteiger partial charge is 0.277 e. The molecule has 0 bridgehead atoms. The minimum atomic E-state index is -3.26. The summed E-state index contributed by atoms with van der Waals surface area (Å²) in [6.45, 7) is 0.715. The zero-order valence-electron chi connectivity index (χ0n) is 9.15. The van der Waals surface area contributed by atoms with Gasteiger partial charge in [-0.1, -0.05) is 0 Å². The molecule has 17 heavy (non-hydrogen) atoms. The van der Waals surface area contributed by atoms with Crippen LogP contribution in [0.4, 0.5) is 17.6 Å². The molecule has 1 atom stereocenters. The third-order valence-corrected chi connectivity index (χ3v) is 2.99. The summed E-state index contributed by atoms with van der Waals surface area (Å²) in [4.78, 5) is 0. The molecule has 1 saturated heterocycles. The SMILES string of the molecule is Fc1ccc(C(F)(F)CC2CCCN2)c(F)c1. The highest BCUT2D eigenvalue weighted by Crippen LogP contribution is 2.36. The molecule has 0 aromatic heterocycles. The molecule has 0 amide bonds. The van der Waals surface area contributed by atoms with Crippen molar-refractivity contribution < 1.29 is 17.6 Å². The Morgan fingerprint density at radius 3 is 2.65 bits per heavy atom. The van der Waals surface area contributed by atoms with Gasteiger partial charge in [0.2, 0.25) is 0 Å². The lowest BCUT2D eigenvalue weighted by atomic mass is 9.99. The molecule has 1 aliphatic rings. The van der Waals surface area contributed by atoms with Crippen LogP contribution in [0.25, 0.3) is 0 Å². The summed E-state index contributed by atoms with van der Waals surface area (Å²) in [5, 5.41) is 2.94. The van der Waals surface area contributed by atoms with Crippen LogP contribution in [0.5, 0.6) is 0 Å². The number of benzene rings is 1. The fraction of sp³-hybridized carbons (Fsp3) is 0.500. The highest BCUT2D eigenvalue weighted by molar-refractivity contribution is 5.23. The van der Waals surface area contributed by atoms with Gasteiger partial charge >= 0.3 is 0 Å². The van der Waals surface area contributed by atoms with Crippen LogP contribution in [0.3, 0.4) is 0 Å². The zero-order chi connectivity index (χ0) is 12.5. The van der Waals surface area contributed by atoms with Crippen molar-refractivity contribution in [2.75, 3.05) is 6.54 Å². The van der Waals surface area contributed by atoms with E-state index in [1.807, 2.05) is 0 Å². The monoisotopic (exact) mass is 247 g/mol. The third kappa shape index (κ3) is 2.77. The Bertz CT molecular complexity index is 399. The van der Waals surface area contributed by atoms with Crippen LogP contribution in [0.15, 0.2) is 18.2 Å². The molecule has 5 heteroatoms. The van der Waals surface area contributed by atoms with Crippen LogP contribution < -0.4 is 5.32 Å². The van der Waals surface area contributed by atoms with Crippen molar-refractivity contribution in [2.45, 2.75) is 31.2 Å². The van der Waals surface area contributed by atoms with Gasteiger partial charge in [-0.3, -0.25) is 0 Å². The Labute approximate surface area is 96.8 Å². The van der Waals surface area contributed by atoms with E-state index in [0.29, 0.717) is 19.0 Å².